The van der Waals surface area contributed by atoms with Gasteiger partial charge in [-0.1, -0.05) is 44.6 Å². The van der Waals surface area contributed by atoms with Crippen LogP contribution in [0.3, 0.4) is 0 Å². The van der Waals surface area contributed by atoms with Gasteiger partial charge in [-0.25, -0.2) is 9.59 Å². The third-order valence-electron chi connectivity index (χ3n) is 6.83. The van der Waals surface area contributed by atoms with Gasteiger partial charge in [-0.3, -0.25) is 4.79 Å². The highest BCUT2D eigenvalue weighted by Crippen LogP contribution is 2.35. The molecule has 0 aromatic heterocycles. The minimum absolute atomic E-state index is 0.0492. The summed E-state index contributed by atoms with van der Waals surface area (Å²) in [5, 5.41) is 9.55. The van der Waals surface area contributed by atoms with Crippen LogP contribution in [0, 0.1) is 11.8 Å². The summed E-state index contributed by atoms with van der Waals surface area (Å²) < 4.78 is 11.4. The summed E-state index contributed by atoms with van der Waals surface area (Å²) in [5.74, 6) is -1.48. The minimum atomic E-state index is -1.42. The fourth-order valence-electron chi connectivity index (χ4n) is 4.49. The molecule has 0 unspecified atom stereocenters. The van der Waals surface area contributed by atoms with Gasteiger partial charge in [0.25, 0.3) is 0 Å². The zero-order chi connectivity index (χ0) is 29.3. The Morgan fingerprint density at radius 2 is 1.72 bits per heavy atom. The highest BCUT2D eigenvalue weighted by molar-refractivity contribution is 7.98. The minimum Gasteiger partial charge on any atom is -0.478 e. The predicted molar refractivity (Wildman–Crippen MR) is 156 cm³/mol. The van der Waals surface area contributed by atoms with Crippen LogP contribution in [0.5, 0.6) is 0 Å². The van der Waals surface area contributed by atoms with Gasteiger partial charge >= 0.3 is 12.1 Å². The molecule has 0 spiro atoms. The molecule has 8 heteroatoms. The fourth-order valence-corrected chi connectivity index (χ4v) is 4.90. The molecule has 1 saturated heterocycles. The number of rotatable bonds is 13. The van der Waals surface area contributed by atoms with Crippen LogP contribution >= 0.6 is 11.8 Å². The summed E-state index contributed by atoms with van der Waals surface area (Å²) in [4.78, 5) is 40.9. The van der Waals surface area contributed by atoms with Crippen LogP contribution in [0.2, 0.25) is 0 Å². The summed E-state index contributed by atoms with van der Waals surface area (Å²) in [6.45, 7) is 15.8. The second kappa shape index (κ2) is 14.4. The Bertz CT molecular complexity index is 1110. The number of unbranched alkanes of at least 4 members (excludes halogenated alkanes) is 2. The highest BCUT2D eigenvalue weighted by Gasteiger charge is 2.41. The molecule has 0 saturated carbocycles. The zero-order valence-corrected chi connectivity index (χ0v) is 25.2. The maximum atomic E-state index is 13.7. The van der Waals surface area contributed by atoms with E-state index in [2.05, 4.69) is 13.5 Å². The number of nitrogens with zero attached hydrogens (tertiary/aromatic N) is 1. The standard InChI is InChI=1S/C31H43NO6S/c1-9-10-11-16-37-30(36)32-18-25(26(19-32)27(33)23-12-14-24(39-8)15-13-23)21(4)17-22(5)28(20(2)3)38-31(6,7)29(34)35/h12-15,17,25-26H,4,9-11,16,18-19H2,1-3,5-8H3,(H,34,35)/b22-17-/t25-,26+/m0/s1. The number of carboxylic acids is 1. The van der Waals surface area contributed by atoms with E-state index >= 15 is 0 Å². The number of carboxylic acid groups (broad SMARTS) is 1. The summed E-state index contributed by atoms with van der Waals surface area (Å²) >= 11 is 1.60. The van der Waals surface area contributed by atoms with Gasteiger partial charge in [-0.2, -0.15) is 0 Å². The lowest BCUT2D eigenvalue weighted by Gasteiger charge is -2.26. The lowest BCUT2D eigenvalue weighted by atomic mass is 9.83. The number of allylic oxidation sites excluding steroid dienone is 3. The van der Waals surface area contributed by atoms with E-state index in [4.69, 9.17) is 9.47 Å². The van der Waals surface area contributed by atoms with Crippen LogP contribution in [0.4, 0.5) is 4.79 Å². The maximum absolute atomic E-state index is 13.7. The van der Waals surface area contributed by atoms with Crippen molar-refractivity contribution in [3.05, 3.63) is 65.0 Å². The quantitative estimate of drug-likeness (QED) is 0.0905. The molecule has 0 aliphatic carbocycles. The first-order valence-electron chi connectivity index (χ1n) is 13.4. The van der Waals surface area contributed by atoms with Crippen LogP contribution in [0.15, 0.2) is 64.3 Å². The van der Waals surface area contributed by atoms with Crippen LogP contribution in [-0.4, -0.2) is 59.4 Å². The fraction of sp³-hybridized carbons (Fsp3) is 0.516. The largest absolute Gasteiger partial charge is 0.478 e. The number of ether oxygens (including phenoxy) is 2. The van der Waals surface area contributed by atoms with Crippen molar-refractivity contribution in [3.63, 3.8) is 0 Å². The highest BCUT2D eigenvalue weighted by atomic mass is 32.2. The Morgan fingerprint density at radius 3 is 2.26 bits per heavy atom. The topological polar surface area (TPSA) is 93.1 Å². The van der Waals surface area contributed by atoms with Gasteiger partial charge < -0.3 is 19.5 Å². The van der Waals surface area contributed by atoms with Gasteiger partial charge in [0.1, 0.15) is 5.76 Å². The number of aliphatic carboxylic acids is 1. The molecule has 2 rings (SSSR count). The van der Waals surface area contributed by atoms with E-state index in [9.17, 15) is 19.5 Å². The third kappa shape index (κ3) is 8.75. The molecule has 1 aliphatic rings. The van der Waals surface area contributed by atoms with Crippen molar-refractivity contribution in [3.8, 4) is 0 Å². The van der Waals surface area contributed by atoms with Crippen LogP contribution in [0.1, 0.15) is 71.2 Å². The number of hydrogen-bond acceptors (Lipinski definition) is 6. The van der Waals surface area contributed by atoms with Gasteiger partial charge in [0.15, 0.2) is 11.4 Å². The van der Waals surface area contributed by atoms with Gasteiger partial charge in [-0.05, 0) is 76.1 Å². The first-order valence-corrected chi connectivity index (χ1v) is 14.6. The molecule has 1 aromatic carbocycles. The average Bonchev–Trinajstić information content (AvgIpc) is 3.35. The molecular weight excluding hydrogens is 514 g/mol. The zero-order valence-electron chi connectivity index (χ0n) is 24.3. The summed E-state index contributed by atoms with van der Waals surface area (Å²) in [6.07, 6.45) is 6.21. The van der Waals surface area contributed by atoms with Gasteiger partial charge in [0.2, 0.25) is 0 Å². The Labute approximate surface area is 237 Å². The Kier molecular flexibility index (Phi) is 11.9. The molecule has 1 aromatic rings. The number of hydrogen-bond donors (Lipinski definition) is 1. The molecule has 1 fully saturated rings. The Balaban J connectivity index is 2.35. The molecule has 214 valence electrons. The molecule has 39 heavy (non-hydrogen) atoms. The van der Waals surface area contributed by atoms with Crippen molar-refractivity contribution >= 4 is 29.6 Å². The average molecular weight is 558 g/mol. The lowest BCUT2D eigenvalue weighted by Crippen LogP contribution is -2.34. The van der Waals surface area contributed by atoms with Crippen LogP contribution in [0.25, 0.3) is 0 Å². The maximum Gasteiger partial charge on any atom is 0.409 e. The van der Waals surface area contributed by atoms with Crippen molar-refractivity contribution in [1.82, 2.24) is 4.90 Å². The van der Waals surface area contributed by atoms with Crippen molar-refractivity contribution in [2.75, 3.05) is 26.0 Å². The van der Waals surface area contributed by atoms with Gasteiger partial charge in [-0.15, -0.1) is 11.8 Å². The molecule has 0 radical (unpaired) electrons. The van der Waals surface area contributed by atoms with E-state index in [-0.39, 0.29) is 18.2 Å². The predicted octanol–water partition coefficient (Wildman–Crippen LogP) is 7.14. The number of ketones is 1. The van der Waals surface area contributed by atoms with Crippen LogP contribution < -0.4 is 0 Å². The van der Waals surface area contributed by atoms with Crippen molar-refractivity contribution < 1.29 is 29.0 Å². The van der Waals surface area contributed by atoms with E-state index in [0.29, 0.717) is 35.6 Å². The monoisotopic (exact) mass is 557 g/mol. The first-order chi connectivity index (χ1) is 18.3. The molecule has 1 amide bonds. The molecule has 1 N–H and O–H groups in total. The molecule has 1 aliphatic heterocycles. The Morgan fingerprint density at radius 1 is 1.10 bits per heavy atom. The molecular formula is C31H43NO6S. The number of likely N-dealkylation sites (tertiary alicyclic amines) is 1. The van der Waals surface area contributed by atoms with Gasteiger partial charge in [0, 0.05) is 35.4 Å². The second-order valence-corrected chi connectivity index (χ2v) is 11.6. The number of Topliss-reactive ketones (excluding diaryl/α,β-unsaturated/α-hetero) is 1. The van der Waals surface area contributed by atoms with Crippen molar-refractivity contribution in [1.29, 1.82) is 0 Å². The van der Waals surface area contributed by atoms with Crippen molar-refractivity contribution in [2.45, 2.75) is 71.3 Å². The SMILES string of the molecule is C=C(/C=C(/C)C(OC(C)(C)C(=O)O)=C(C)C)[C@@H]1CN(C(=O)OCCCCC)C[C@H]1C(=O)c1ccc(SC)cc1. The molecule has 1 heterocycles. The van der Waals surface area contributed by atoms with E-state index in [1.165, 1.54) is 13.8 Å². The molecule has 0 bridgehead atoms. The first kappa shape index (κ1) is 32.2. The normalized spacial score (nSPS) is 17.5. The number of benzene rings is 1. The summed E-state index contributed by atoms with van der Waals surface area (Å²) in [7, 11) is 0. The number of thioether (sulfide) groups is 1. The van der Waals surface area contributed by atoms with E-state index < -0.39 is 23.6 Å². The third-order valence-corrected chi connectivity index (χ3v) is 7.57. The van der Waals surface area contributed by atoms with Crippen molar-refractivity contribution in [2.24, 2.45) is 11.8 Å². The van der Waals surface area contributed by atoms with Gasteiger partial charge in [0.05, 0.1) is 6.61 Å². The number of carbonyl (C=O) groups excluding carboxylic acids is 2. The van der Waals surface area contributed by atoms with Crippen LogP contribution in [-0.2, 0) is 14.3 Å². The lowest BCUT2D eigenvalue weighted by molar-refractivity contribution is -0.156. The Hall–Kier alpha value is -3.00. The van der Waals surface area contributed by atoms with E-state index in [1.807, 2.05) is 57.4 Å². The number of amides is 1. The molecule has 2 atom stereocenters. The summed E-state index contributed by atoms with van der Waals surface area (Å²) in [6, 6.07) is 7.49. The molecule has 7 nitrogen and oxygen atoms in total. The second-order valence-electron chi connectivity index (χ2n) is 10.7. The summed E-state index contributed by atoms with van der Waals surface area (Å²) in [5.41, 5.74) is 1.35. The number of carbonyl (C=O) groups is 3. The van der Waals surface area contributed by atoms with E-state index in [0.717, 1.165) is 29.7 Å². The van der Waals surface area contributed by atoms with E-state index in [1.54, 1.807) is 16.7 Å². The smallest absolute Gasteiger partial charge is 0.409 e.